The zero-order chi connectivity index (χ0) is 12.4. The monoisotopic (exact) mass is 254 g/mol. The summed E-state index contributed by atoms with van der Waals surface area (Å²) in [6, 6.07) is 2.48. The summed E-state index contributed by atoms with van der Waals surface area (Å²) in [4.78, 5) is 3.81. The molecule has 1 aliphatic heterocycles. The lowest BCUT2D eigenvalue weighted by Gasteiger charge is -2.39. The number of thiophene rings is 1. The topological polar surface area (TPSA) is 49.5 Å². The number of hydrogen-bond donors (Lipinski definition) is 2. The Hall–Kier alpha value is -0.420. The van der Waals surface area contributed by atoms with Crippen molar-refractivity contribution in [1.29, 1.82) is 0 Å². The number of nitrogens with zero attached hydrogens (tertiary/aromatic N) is 1. The van der Waals surface area contributed by atoms with Crippen LogP contribution in [0.1, 0.15) is 29.8 Å². The van der Waals surface area contributed by atoms with Crippen LogP contribution < -0.4 is 5.73 Å². The van der Waals surface area contributed by atoms with Crippen molar-refractivity contribution in [2.24, 2.45) is 11.7 Å². The van der Waals surface area contributed by atoms with Crippen LogP contribution in [-0.2, 0) is 0 Å². The molecule has 1 aromatic heterocycles. The Kier molecular flexibility index (Phi) is 4.20. The molecule has 0 spiro atoms. The van der Waals surface area contributed by atoms with E-state index in [-0.39, 0.29) is 6.10 Å². The largest absolute Gasteiger partial charge is 0.393 e. The summed E-state index contributed by atoms with van der Waals surface area (Å²) in [6.45, 7) is 6.82. The maximum atomic E-state index is 9.78. The summed E-state index contributed by atoms with van der Waals surface area (Å²) in [5.74, 6) is 0.345. The second-order valence-electron chi connectivity index (χ2n) is 5.05. The number of aliphatic hydroxyl groups is 1. The highest BCUT2D eigenvalue weighted by Crippen LogP contribution is 2.31. The number of piperidine rings is 1. The van der Waals surface area contributed by atoms with E-state index in [4.69, 9.17) is 5.73 Å². The van der Waals surface area contributed by atoms with Gasteiger partial charge in [-0.05, 0) is 36.3 Å². The predicted molar refractivity (Wildman–Crippen MR) is 72.2 cm³/mol. The van der Waals surface area contributed by atoms with E-state index in [1.165, 1.54) is 10.4 Å². The standard InChI is InChI=1S/C13H22N2OS/c1-9-4-6-17-13(9)11(7-14)15-5-3-12(16)10(2)8-15/h4,6,10-12,16H,3,5,7-8,14H2,1-2H3. The molecular formula is C13H22N2OS. The molecule has 3 atom stereocenters. The molecule has 1 aliphatic rings. The summed E-state index contributed by atoms with van der Waals surface area (Å²) in [5, 5.41) is 11.9. The zero-order valence-corrected chi connectivity index (χ0v) is 11.4. The van der Waals surface area contributed by atoms with Crippen LogP contribution >= 0.6 is 11.3 Å². The van der Waals surface area contributed by atoms with E-state index < -0.39 is 0 Å². The van der Waals surface area contributed by atoms with Crippen LogP contribution in [0.15, 0.2) is 11.4 Å². The molecule has 1 aromatic rings. The normalized spacial score (nSPS) is 28.2. The van der Waals surface area contributed by atoms with Crippen LogP contribution in [-0.4, -0.2) is 35.7 Å². The molecule has 3 nitrogen and oxygen atoms in total. The minimum Gasteiger partial charge on any atom is -0.393 e. The second kappa shape index (κ2) is 5.48. The fourth-order valence-corrected chi connectivity index (χ4v) is 3.67. The Labute approximate surface area is 107 Å². The fraction of sp³-hybridized carbons (Fsp3) is 0.692. The van der Waals surface area contributed by atoms with Gasteiger partial charge < -0.3 is 10.8 Å². The lowest BCUT2D eigenvalue weighted by molar-refractivity contribution is 0.0187. The van der Waals surface area contributed by atoms with E-state index in [1.54, 1.807) is 11.3 Å². The molecule has 2 rings (SSSR count). The minimum atomic E-state index is -0.144. The first-order valence-electron chi connectivity index (χ1n) is 6.29. The number of aryl methyl sites for hydroxylation is 1. The average molecular weight is 254 g/mol. The van der Waals surface area contributed by atoms with Crippen molar-refractivity contribution in [2.75, 3.05) is 19.6 Å². The van der Waals surface area contributed by atoms with Gasteiger partial charge in [-0.15, -0.1) is 11.3 Å². The van der Waals surface area contributed by atoms with Gasteiger partial charge in [-0.25, -0.2) is 0 Å². The first kappa shape index (κ1) is 13.0. The van der Waals surface area contributed by atoms with Crippen molar-refractivity contribution >= 4 is 11.3 Å². The zero-order valence-electron chi connectivity index (χ0n) is 10.6. The van der Waals surface area contributed by atoms with Gasteiger partial charge >= 0.3 is 0 Å². The Bertz CT molecular complexity index is 366. The number of likely N-dealkylation sites (tertiary alicyclic amines) is 1. The highest BCUT2D eigenvalue weighted by atomic mass is 32.1. The molecule has 0 bridgehead atoms. The molecule has 0 aromatic carbocycles. The van der Waals surface area contributed by atoms with E-state index in [1.807, 2.05) is 0 Å². The van der Waals surface area contributed by atoms with Gasteiger partial charge in [0.25, 0.3) is 0 Å². The third kappa shape index (κ3) is 2.71. The number of aliphatic hydroxyl groups excluding tert-OH is 1. The summed E-state index contributed by atoms with van der Waals surface area (Å²) in [7, 11) is 0. The highest BCUT2D eigenvalue weighted by molar-refractivity contribution is 7.10. The van der Waals surface area contributed by atoms with Crippen LogP contribution in [0.4, 0.5) is 0 Å². The highest BCUT2D eigenvalue weighted by Gasteiger charge is 2.29. The quantitative estimate of drug-likeness (QED) is 0.864. The summed E-state index contributed by atoms with van der Waals surface area (Å²) >= 11 is 1.79. The maximum absolute atomic E-state index is 9.78. The van der Waals surface area contributed by atoms with E-state index in [9.17, 15) is 5.11 Å². The molecule has 0 saturated carbocycles. The van der Waals surface area contributed by atoms with Gasteiger partial charge in [-0.3, -0.25) is 4.90 Å². The molecule has 3 N–H and O–H groups in total. The van der Waals surface area contributed by atoms with Gasteiger partial charge in [0.1, 0.15) is 0 Å². The van der Waals surface area contributed by atoms with Gasteiger partial charge in [0.15, 0.2) is 0 Å². The second-order valence-corrected chi connectivity index (χ2v) is 6.00. The summed E-state index contributed by atoms with van der Waals surface area (Å²) in [6.07, 6.45) is 0.719. The van der Waals surface area contributed by atoms with Gasteiger partial charge in [-0.1, -0.05) is 6.92 Å². The Morgan fingerprint density at radius 1 is 1.65 bits per heavy atom. The van der Waals surface area contributed by atoms with Crippen molar-refractivity contribution in [1.82, 2.24) is 4.90 Å². The van der Waals surface area contributed by atoms with Crippen LogP contribution in [0, 0.1) is 12.8 Å². The predicted octanol–water partition coefficient (Wildman–Crippen LogP) is 1.76. The lowest BCUT2D eigenvalue weighted by Crippen LogP contribution is -2.45. The maximum Gasteiger partial charge on any atom is 0.0590 e. The molecule has 0 radical (unpaired) electrons. The van der Waals surface area contributed by atoms with Crippen LogP contribution in [0.25, 0.3) is 0 Å². The third-order valence-corrected chi connectivity index (χ3v) is 4.88. The molecule has 1 fully saturated rings. The number of rotatable bonds is 3. The SMILES string of the molecule is Cc1ccsc1C(CN)N1CCC(O)C(C)C1. The molecule has 3 unspecified atom stereocenters. The molecule has 96 valence electrons. The van der Waals surface area contributed by atoms with Crippen molar-refractivity contribution in [3.05, 3.63) is 21.9 Å². The van der Waals surface area contributed by atoms with Gasteiger partial charge in [-0.2, -0.15) is 0 Å². The lowest BCUT2D eigenvalue weighted by atomic mass is 9.95. The molecule has 0 aliphatic carbocycles. The molecule has 17 heavy (non-hydrogen) atoms. The van der Waals surface area contributed by atoms with Gasteiger partial charge in [0, 0.05) is 24.5 Å². The molecular weight excluding hydrogens is 232 g/mol. The molecule has 1 saturated heterocycles. The summed E-state index contributed by atoms with van der Waals surface area (Å²) < 4.78 is 0. The smallest absolute Gasteiger partial charge is 0.0590 e. The van der Waals surface area contributed by atoms with Gasteiger partial charge in [0.2, 0.25) is 0 Å². The first-order valence-corrected chi connectivity index (χ1v) is 7.17. The van der Waals surface area contributed by atoms with E-state index in [0.717, 1.165) is 19.5 Å². The molecule has 2 heterocycles. The third-order valence-electron chi connectivity index (χ3n) is 3.76. The molecule has 0 amide bonds. The van der Waals surface area contributed by atoms with Crippen LogP contribution in [0.5, 0.6) is 0 Å². The van der Waals surface area contributed by atoms with E-state index >= 15 is 0 Å². The van der Waals surface area contributed by atoms with Crippen molar-refractivity contribution in [3.63, 3.8) is 0 Å². The van der Waals surface area contributed by atoms with E-state index in [2.05, 4.69) is 30.2 Å². The first-order chi connectivity index (χ1) is 8.13. The van der Waals surface area contributed by atoms with Crippen molar-refractivity contribution < 1.29 is 5.11 Å². The Morgan fingerprint density at radius 3 is 2.94 bits per heavy atom. The Balaban J connectivity index is 2.12. The number of nitrogens with two attached hydrogens (primary N) is 1. The van der Waals surface area contributed by atoms with Crippen molar-refractivity contribution in [3.8, 4) is 0 Å². The molecule has 4 heteroatoms. The summed E-state index contributed by atoms with van der Waals surface area (Å²) in [5.41, 5.74) is 7.28. The van der Waals surface area contributed by atoms with Gasteiger partial charge in [0.05, 0.1) is 12.1 Å². The average Bonchev–Trinajstić information content (AvgIpc) is 2.71. The number of hydrogen-bond acceptors (Lipinski definition) is 4. The van der Waals surface area contributed by atoms with Crippen LogP contribution in [0.3, 0.4) is 0 Å². The van der Waals surface area contributed by atoms with E-state index in [0.29, 0.717) is 18.5 Å². The minimum absolute atomic E-state index is 0.144. The van der Waals surface area contributed by atoms with Crippen molar-refractivity contribution in [2.45, 2.75) is 32.4 Å². The Morgan fingerprint density at radius 2 is 2.41 bits per heavy atom. The van der Waals surface area contributed by atoms with Crippen LogP contribution in [0.2, 0.25) is 0 Å². The fourth-order valence-electron chi connectivity index (χ4n) is 2.60.